The fourth-order valence-electron chi connectivity index (χ4n) is 2.51. The van der Waals surface area contributed by atoms with Crippen LogP contribution in [0.3, 0.4) is 0 Å². The summed E-state index contributed by atoms with van der Waals surface area (Å²) in [6.45, 7) is 4.29. The first-order chi connectivity index (χ1) is 11.3. The summed E-state index contributed by atoms with van der Waals surface area (Å²) in [5.74, 6) is 6.55. The third-order valence-corrected chi connectivity index (χ3v) is 3.66. The molecular weight excluding hydrogens is 290 g/mol. The summed E-state index contributed by atoms with van der Waals surface area (Å²) < 4.78 is 10.9. The Balaban J connectivity index is 1.66. The van der Waals surface area contributed by atoms with Crippen LogP contribution in [-0.4, -0.2) is 25.3 Å². The van der Waals surface area contributed by atoms with E-state index in [0.29, 0.717) is 0 Å². The number of carbonyl (C=O) groups excluding carboxylic acids is 1. The summed E-state index contributed by atoms with van der Waals surface area (Å²) in [6, 6.07) is 7.82. The van der Waals surface area contributed by atoms with Gasteiger partial charge in [-0.25, -0.2) is 4.79 Å². The zero-order valence-electron chi connectivity index (χ0n) is 13.3. The predicted molar refractivity (Wildman–Crippen MR) is 90.4 cm³/mol. The fraction of sp³-hybridized carbons (Fsp3) is 0.421. The first kappa shape index (κ1) is 17.0. The van der Waals surface area contributed by atoms with Crippen molar-refractivity contribution in [2.75, 3.05) is 13.2 Å². The van der Waals surface area contributed by atoms with Crippen molar-refractivity contribution in [2.24, 2.45) is 0 Å². The van der Waals surface area contributed by atoms with Crippen LogP contribution in [0.25, 0.3) is 0 Å². The van der Waals surface area contributed by atoms with E-state index in [1.807, 2.05) is 30.3 Å². The number of allylic oxidation sites excluding steroid dienone is 1. The lowest BCUT2D eigenvalue weighted by Crippen LogP contribution is -2.28. The molecule has 0 heterocycles. The van der Waals surface area contributed by atoms with Gasteiger partial charge in [-0.05, 0) is 43.7 Å². The average Bonchev–Trinajstić information content (AvgIpc) is 3.05. The Labute approximate surface area is 137 Å². The number of carbonyl (C=O) groups is 1. The number of alkyl carbamates (subject to hydrolysis) is 1. The smallest absolute Gasteiger partial charge is 0.408 e. The van der Waals surface area contributed by atoms with Gasteiger partial charge in [0.05, 0.1) is 6.54 Å². The van der Waals surface area contributed by atoms with Gasteiger partial charge in [-0.3, -0.25) is 0 Å². The summed E-state index contributed by atoms with van der Waals surface area (Å²) in [5, 5.41) is 2.64. The van der Waals surface area contributed by atoms with E-state index in [1.165, 1.54) is 0 Å². The third kappa shape index (κ3) is 6.07. The molecule has 2 rings (SSSR count). The number of hydrogen-bond donors (Lipinski definition) is 1. The molecule has 0 unspecified atom stereocenters. The molecule has 4 nitrogen and oxygen atoms in total. The van der Waals surface area contributed by atoms with Crippen molar-refractivity contribution in [3.05, 3.63) is 42.5 Å². The van der Waals surface area contributed by atoms with Gasteiger partial charge >= 0.3 is 6.09 Å². The average molecular weight is 313 g/mol. The fourth-order valence-corrected chi connectivity index (χ4v) is 2.51. The van der Waals surface area contributed by atoms with Gasteiger partial charge < -0.3 is 14.8 Å². The molecule has 0 aliphatic heterocycles. The quantitative estimate of drug-likeness (QED) is 0.646. The highest BCUT2D eigenvalue weighted by Crippen LogP contribution is 2.20. The van der Waals surface area contributed by atoms with Crippen molar-refractivity contribution < 1.29 is 14.3 Å². The first-order valence-corrected chi connectivity index (χ1v) is 8.01. The summed E-state index contributed by atoms with van der Waals surface area (Å²) in [6.07, 6.45) is 6.52. The molecule has 0 bridgehead atoms. The summed E-state index contributed by atoms with van der Waals surface area (Å²) in [4.78, 5) is 11.5. The molecule has 0 atom stereocenters. The van der Waals surface area contributed by atoms with E-state index in [0.717, 1.165) is 43.4 Å². The molecule has 0 radical (unpaired) electrons. The number of hydrogen-bond acceptors (Lipinski definition) is 3. The van der Waals surface area contributed by atoms with Crippen LogP contribution in [0.1, 0.15) is 31.2 Å². The monoisotopic (exact) mass is 313 g/mol. The number of ether oxygens (including phenoxy) is 2. The van der Waals surface area contributed by atoms with Crippen molar-refractivity contribution in [2.45, 2.75) is 38.2 Å². The molecule has 1 amide bonds. The SMILES string of the molecule is C=CCc1ccccc1OCC#CCNC(=O)OC1CCCC1. The van der Waals surface area contributed by atoms with Gasteiger partial charge in [0, 0.05) is 0 Å². The first-order valence-electron chi connectivity index (χ1n) is 8.01. The molecule has 1 N–H and O–H groups in total. The van der Waals surface area contributed by atoms with Crippen LogP contribution in [-0.2, 0) is 11.2 Å². The van der Waals surface area contributed by atoms with Crippen molar-refractivity contribution >= 4 is 6.09 Å². The van der Waals surface area contributed by atoms with Crippen molar-refractivity contribution in [3.8, 4) is 17.6 Å². The maximum Gasteiger partial charge on any atom is 0.408 e. The van der Waals surface area contributed by atoms with Crippen LogP contribution in [0, 0.1) is 11.8 Å². The Kier molecular flexibility index (Phi) is 7.06. The molecule has 1 aromatic carbocycles. The molecule has 0 spiro atoms. The Morgan fingerprint density at radius 2 is 2.09 bits per heavy atom. The second-order valence-electron chi connectivity index (χ2n) is 5.41. The normalized spacial score (nSPS) is 13.7. The minimum atomic E-state index is -0.386. The number of para-hydroxylation sites is 1. The molecule has 4 heteroatoms. The molecule has 122 valence electrons. The second kappa shape index (κ2) is 9.58. The van der Waals surface area contributed by atoms with Crippen LogP contribution in [0.15, 0.2) is 36.9 Å². The van der Waals surface area contributed by atoms with E-state index in [4.69, 9.17) is 9.47 Å². The van der Waals surface area contributed by atoms with Gasteiger partial charge in [0.15, 0.2) is 0 Å². The molecule has 0 saturated heterocycles. The number of benzene rings is 1. The van der Waals surface area contributed by atoms with Crippen molar-refractivity contribution in [1.82, 2.24) is 5.32 Å². The third-order valence-electron chi connectivity index (χ3n) is 3.66. The molecule has 1 aromatic rings. The Morgan fingerprint density at radius 1 is 1.30 bits per heavy atom. The maximum absolute atomic E-state index is 11.5. The topological polar surface area (TPSA) is 47.6 Å². The van der Waals surface area contributed by atoms with Gasteiger partial charge in [-0.1, -0.05) is 36.1 Å². The van der Waals surface area contributed by atoms with Crippen LogP contribution in [0.4, 0.5) is 4.79 Å². The standard InChI is InChI=1S/C19H23NO3/c1-2-9-16-10-3-6-13-18(16)22-15-8-7-14-20-19(21)23-17-11-4-5-12-17/h2-3,6,10,13,17H,1,4-5,9,11-12,14-15H2,(H,20,21). The van der Waals surface area contributed by atoms with E-state index >= 15 is 0 Å². The maximum atomic E-state index is 11.5. The Bertz CT molecular complexity index is 580. The summed E-state index contributed by atoms with van der Waals surface area (Å²) in [5.41, 5.74) is 1.09. The zero-order chi connectivity index (χ0) is 16.3. The van der Waals surface area contributed by atoms with Crippen LogP contribution < -0.4 is 10.1 Å². The highest BCUT2D eigenvalue weighted by Gasteiger charge is 2.18. The Hall–Kier alpha value is -2.41. The lowest BCUT2D eigenvalue weighted by molar-refractivity contribution is 0.102. The highest BCUT2D eigenvalue weighted by atomic mass is 16.6. The van der Waals surface area contributed by atoms with E-state index in [9.17, 15) is 4.79 Å². The number of rotatable bonds is 6. The van der Waals surface area contributed by atoms with E-state index in [1.54, 1.807) is 0 Å². The van der Waals surface area contributed by atoms with Crippen LogP contribution in [0.5, 0.6) is 5.75 Å². The van der Waals surface area contributed by atoms with Crippen molar-refractivity contribution in [3.63, 3.8) is 0 Å². The zero-order valence-corrected chi connectivity index (χ0v) is 13.3. The number of amides is 1. The Morgan fingerprint density at radius 3 is 2.87 bits per heavy atom. The summed E-state index contributed by atoms with van der Waals surface area (Å²) >= 11 is 0. The van der Waals surface area contributed by atoms with Gasteiger partial charge in [0.25, 0.3) is 0 Å². The molecule has 1 aliphatic rings. The van der Waals surface area contributed by atoms with E-state index < -0.39 is 0 Å². The molecule has 0 aromatic heterocycles. The predicted octanol–water partition coefficient (Wildman–Crippen LogP) is 3.47. The van der Waals surface area contributed by atoms with Gasteiger partial charge in [-0.2, -0.15) is 0 Å². The molecule has 1 saturated carbocycles. The lowest BCUT2D eigenvalue weighted by atomic mass is 10.1. The van der Waals surface area contributed by atoms with Gasteiger partial charge in [-0.15, -0.1) is 6.58 Å². The largest absolute Gasteiger partial charge is 0.481 e. The van der Waals surface area contributed by atoms with Gasteiger partial charge in [0.1, 0.15) is 18.5 Å². The summed E-state index contributed by atoms with van der Waals surface area (Å²) in [7, 11) is 0. The van der Waals surface area contributed by atoms with Crippen molar-refractivity contribution in [1.29, 1.82) is 0 Å². The minimum Gasteiger partial charge on any atom is -0.481 e. The van der Waals surface area contributed by atoms with Crippen LogP contribution >= 0.6 is 0 Å². The van der Waals surface area contributed by atoms with E-state index in [-0.39, 0.29) is 25.3 Å². The molecule has 1 aliphatic carbocycles. The van der Waals surface area contributed by atoms with E-state index in [2.05, 4.69) is 23.7 Å². The minimum absolute atomic E-state index is 0.0765. The number of nitrogens with one attached hydrogen (secondary N) is 1. The van der Waals surface area contributed by atoms with Crippen LogP contribution in [0.2, 0.25) is 0 Å². The lowest BCUT2D eigenvalue weighted by Gasteiger charge is -2.10. The molecular formula is C19H23NO3. The highest BCUT2D eigenvalue weighted by molar-refractivity contribution is 5.67. The molecule has 1 fully saturated rings. The van der Waals surface area contributed by atoms with Gasteiger partial charge in [0.2, 0.25) is 0 Å². The molecule has 23 heavy (non-hydrogen) atoms. The second-order valence-corrected chi connectivity index (χ2v) is 5.41.